The molecule has 2 aliphatic rings. The van der Waals surface area contributed by atoms with Gasteiger partial charge in [-0.15, -0.1) is 0 Å². The van der Waals surface area contributed by atoms with E-state index in [1.54, 1.807) is 0 Å². The number of rotatable bonds is 1. The number of nitrogens with zero attached hydrogens (tertiary/aromatic N) is 1. The molecule has 0 aromatic rings. The summed E-state index contributed by atoms with van der Waals surface area (Å²) in [7, 11) is 0. The van der Waals surface area contributed by atoms with E-state index >= 15 is 0 Å². The van der Waals surface area contributed by atoms with Crippen LogP contribution in [0.15, 0.2) is 0 Å². The number of likely N-dealkylation sites (N-methyl/N-ethyl adjacent to an activating group) is 1. The van der Waals surface area contributed by atoms with Crippen molar-refractivity contribution >= 4 is 0 Å². The molecular weight excluding hydrogens is 148 g/mol. The third-order valence-electron chi connectivity index (χ3n) is 3.81. The van der Waals surface area contributed by atoms with Crippen LogP contribution in [0.1, 0.15) is 26.7 Å². The summed E-state index contributed by atoms with van der Waals surface area (Å²) in [6.45, 7) is 10.1. The second-order valence-corrected chi connectivity index (χ2v) is 4.30. The standard InChI is InChI=1S/C10H20N2/c1-3-11-7-8-12-6-4-5-10(12)9(11)2/h9-10H,3-8H2,1-2H3/p+1. The molecule has 2 fully saturated rings. The lowest BCUT2D eigenvalue weighted by atomic mass is 10.0. The third kappa shape index (κ3) is 1.27. The minimum atomic E-state index is 0.881. The highest BCUT2D eigenvalue weighted by molar-refractivity contribution is 4.85. The molecule has 1 N–H and O–H groups in total. The maximum absolute atomic E-state index is 2.70. The zero-order valence-corrected chi connectivity index (χ0v) is 8.34. The van der Waals surface area contributed by atoms with Crippen LogP contribution in [-0.2, 0) is 0 Å². The quantitative estimate of drug-likeness (QED) is 0.569. The molecule has 0 saturated carbocycles. The van der Waals surface area contributed by atoms with Crippen molar-refractivity contribution in [2.75, 3.05) is 26.2 Å². The summed E-state index contributed by atoms with van der Waals surface area (Å²) in [6, 6.07) is 1.79. The molecule has 0 aromatic carbocycles. The lowest BCUT2D eigenvalue weighted by molar-refractivity contribution is -0.929. The van der Waals surface area contributed by atoms with Crippen molar-refractivity contribution < 1.29 is 4.90 Å². The molecule has 3 atom stereocenters. The first-order valence-electron chi connectivity index (χ1n) is 5.41. The molecule has 0 amide bonds. The Bertz CT molecular complexity index is 158. The number of fused-ring (bicyclic) bond motifs is 1. The molecule has 3 unspecified atom stereocenters. The molecule has 0 radical (unpaired) electrons. The van der Waals surface area contributed by atoms with Gasteiger partial charge in [0, 0.05) is 6.54 Å². The van der Waals surface area contributed by atoms with Crippen LogP contribution in [0, 0.1) is 0 Å². The smallest absolute Gasteiger partial charge is 0.100 e. The van der Waals surface area contributed by atoms with Gasteiger partial charge in [0.15, 0.2) is 0 Å². The number of nitrogens with one attached hydrogen (secondary N) is 1. The Morgan fingerprint density at radius 2 is 2.25 bits per heavy atom. The monoisotopic (exact) mass is 169 g/mol. The van der Waals surface area contributed by atoms with Gasteiger partial charge in [0.1, 0.15) is 6.04 Å². The maximum atomic E-state index is 2.70. The minimum absolute atomic E-state index is 0.881. The SMILES string of the molecule is CC[NH+]1CCN2CCCC2C1C. The van der Waals surface area contributed by atoms with Gasteiger partial charge in [-0.3, -0.25) is 4.90 Å². The van der Waals surface area contributed by atoms with Crippen LogP contribution in [0.25, 0.3) is 0 Å². The van der Waals surface area contributed by atoms with Gasteiger partial charge in [0.25, 0.3) is 0 Å². The van der Waals surface area contributed by atoms with Crippen LogP contribution in [-0.4, -0.2) is 43.2 Å². The number of piperazine rings is 1. The fraction of sp³-hybridized carbons (Fsp3) is 1.00. The van der Waals surface area contributed by atoms with Gasteiger partial charge in [0.05, 0.1) is 19.1 Å². The minimum Gasteiger partial charge on any atom is -0.331 e. The fourth-order valence-corrected chi connectivity index (χ4v) is 2.98. The maximum Gasteiger partial charge on any atom is 0.100 e. The van der Waals surface area contributed by atoms with Crippen molar-refractivity contribution in [3.63, 3.8) is 0 Å². The summed E-state index contributed by atoms with van der Waals surface area (Å²) in [5.41, 5.74) is 0. The summed E-state index contributed by atoms with van der Waals surface area (Å²) in [5.74, 6) is 0. The second kappa shape index (κ2) is 3.35. The molecule has 2 nitrogen and oxygen atoms in total. The Morgan fingerprint density at radius 3 is 3.00 bits per heavy atom. The van der Waals surface area contributed by atoms with E-state index in [0.717, 1.165) is 12.1 Å². The zero-order valence-electron chi connectivity index (χ0n) is 8.34. The molecule has 70 valence electrons. The van der Waals surface area contributed by atoms with Gasteiger partial charge in [-0.1, -0.05) is 0 Å². The summed E-state index contributed by atoms with van der Waals surface area (Å²) >= 11 is 0. The largest absolute Gasteiger partial charge is 0.331 e. The average Bonchev–Trinajstić information content (AvgIpc) is 2.53. The van der Waals surface area contributed by atoms with E-state index in [4.69, 9.17) is 0 Å². The first-order chi connectivity index (χ1) is 5.83. The first-order valence-corrected chi connectivity index (χ1v) is 5.41. The van der Waals surface area contributed by atoms with Crippen molar-refractivity contribution in [2.45, 2.75) is 38.8 Å². The summed E-state index contributed by atoms with van der Waals surface area (Å²) in [6.07, 6.45) is 2.89. The van der Waals surface area contributed by atoms with E-state index in [0.29, 0.717) is 0 Å². The van der Waals surface area contributed by atoms with Gasteiger partial charge in [-0.05, 0) is 33.2 Å². The van der Waals surface area contributed by atoms with Crippen LogP contribution in [0.4, 0.5) is 0 Å². The van der Waals surface area contributed by atoms with Gasteiger partial charge < -0.3 is 4.90 Å². The van der Waals surface area contributed by atoms with E-state index in [1.165, 1.54) is 39.0 Å². The molecule has 2 rings (SSSR count). The van der Waals surface area contributed by atoms with Gasteiger partial charge in [-0.25, -0.2) is 0 Å². The molecule has 2 heteroatoms. The van der Waals surface area contributed by atoms with Crippen LogP contribution >= 0.6 is 0 Å². The van der Waals surface area contributed by atoms with E-state index in [9.17, 15) is 0 Å². The first kappa shape index (κ1) is 8.52. The van der Waals surface area contributed by atoms with Gasteiger partial charge in [0.2, 0.25) is 0 Å². The van der Waals surface area contributed by atoms with E-state index in [-0.39, 0.29) is 0 Å². The molecule has 0 bridgehead atoms. The van der Waals surface area contributed by atoms with Crippen molar-refractivity contribution in [1.29, 1.82) is 0 Å². The van der Waals surface area contributed by atoms with Gasteiger partial charge >= 0.3 is 0 Å². The Balaban J connectivity index is 2.02. The Hall–Kier alpha value is -0.0800. The number of quaternary nitrogens is 1. The second-order valence-electron chi connectivity index (χ2n) is 4.30. The normalized spacial score (nSPS) is 43.0. The summed E-state index contributed by atoms with van der Waals surface area (Å²) in [5, 5.41) is 0. The van der Waals surface area contributed by atoms with Crippen LogP contribution in [0.5, 0.6) is 0 Å². The van der Waals surface area contributed by atoms with E-state index < -0.39 is 0 Å². The van der Waals surface area contributed by atoms with Crippen LogP contribution in [0.2, 0.25) is 0 Å². The molecule has 2 saturated heterocycles. The molecule has 0 aromatic heterocycles. The highest BCUT2D eigenvalue weighted by atomic mass is 15.3. The molecule has 0 aliphatic carbocycles. The lowest BCUT2D eigenvalue weighted by Crippen LogP contribution is -3.18. The molecule has 2 heterocycles. The number of hydrogen-bond donors (Lipinski definition) is 1. The highest BCUT2D eigenvalue weighted by Crippen LogP contribution is 2.19. The zero-order chi connectivity index (χ0) is 8.55. The van der Waals surface area contributed by atoms with Crippen molar-refractivity contribution in [3.05, 3.63) is 0 Å². The Morgan fingerprint density at radius 1 is 1.42 bits per heavy atom. The third-order valence-corrected chi connectivity index (χ3v) is 3.81. The Kier molecular flexibility index (Phi) is 2.37. The molecule has 0 spiro atoms. The molecule has 12 heavy (non-hydrogen) atoms. The van der Waals surface area contributed by atoms with Crippen LogP contribution < -0.4 is 4.90 Å². The van der Waals surface area contributed by atoms with Crippen molar-refractivity contribution in [2.24, 2.45) is 0 Å². The lowest BCUT2D eigenvalue weighted by Gasteiger charge is -2.39. The summed E-state index contributed by atoms with van der Waals surface area (Å²) < 4.78 is 0. The fourth-order valence-electron chi connectivity index (χ4n) is 2.98. The van der Waals surface area contributed by atoms with Crippen molar-refractivity contribution in [1.82, 2.24) is 4.90 Å². The molecular formula is C10H21N2+. The number of hydrogen-bond acceptors (Lipinski definition) is 1. The average molecular weight is 169 g/mol. The van der Waals surface area contributed by atoms with E-state index in [1.807, 2.05) is 4.90 Å². The van der Waals surface area contributed by atoms with Gasteiger partial charge in [-0.2, -0.15) is 0 Å². The molecule has 2 aliphatic heterocycles. The van der Waals surface area contributed by atoms with E-state index in [2.05, 4.69) is 18.7 Å². The van der Waals surface area contributed by atoms with Crippen LogP contribution in [0.3, 0.4) is 0 Å². The topological polar surface area (TPSA) is 7.68 Å². The predicted molar refractivity (Wildman–Crippen MR) is 50.4 cm³/mol. The predicted octanol–water partition coefficient (Wildman–Crippen LogP) is -0.242. The van der Waals surface area contributed by atoms with Crippen molar-refractivity contribution in [3.8, 4) is 0 Å². The highest BCUT2D eigenvalue weighted by Gasteiger charge is 2.38. The Labute approximate surface area is 75.5 Å². The summed E-state index contributed by atoms with van der Waals surface area (Å²) in [4.78, 5) is 4.52.